The van der Waals surface area contributed by atoms with E-state index in [4.69, 9.17) is 12.2 Å². The Morgan fingerprint density at radius 1 is 1.77 bits per heavy atom. The number of rotatable bonds is 3. The van der Waals surface area contributed by atoms with E-state index >= 15 is 0 Å². The second kappa shape index (κ2) is 4.31. The fraction of sp³-hybridized carbons (Fsp3) is 0.333. The van der Waals surface area contributed by atoms with Crippen LogP contribution in [0.4, 0.5) is 4.79 Å². The van der Waals surface area contributed by atoms with Crippen molar-refractivity contribution in [2.24, 2.45) is 5.73 Å². The van der Waals surface area contributed by atoms with E-state index in [0.29, 0.717) is 18.7 Å². The zero-order valence-corrected chi connectivity index (χ0v) is 7.23. The lowest BCUT2D eigenvalue weighted by atomic mass is 10.2. The average Bonchev–Trinajstić information content (AvgIpc) is 2.53. The van der Waals surface area contributed by atoms with E-state index in [0.717, 1.165) is 6.42 Å². The number of aryl methyl sites for hydroxylation is 1. The maximum Gasteiger partial charge on any atom is 0.324 e. The molecule has 1 amide bonds. The molecule has 2 N–H and O–H groups in total. The molecular formula is C9H11N3O. The third kappa shape index (κ3) is 2.34. The highest BCUT2D eigenvalue weighted by molar-refractivity contribution is 5.75. The lowest BCUT2D eigenvalue weighted by Crippen LogP contribution is -2.21. The van der Waals surface area contributed by atoms with Gasteiger partial charge in [0.2, 0.25) is 0 Å². The van der Waals surface area contributed by atoms with Gasteiger partial charge in [0.25, 0.3) is 0 Å². The highest BCUT2D eigenvalue weighted by atomic mass is 16.2. The van der Waals surface area contributed by atoms with Crippen LogP contribution in [0.5, 0.6) is 0 Å². The van der Waals surface area contributed by atoms with Crippen LogP contribution in [-0.2, 0) is 6.42 Å². The van der Waals surface area contributed by atoms with Gasteiger partial charge in [-0.2, -0.15) is 0 Å². The number of amides is 1. The van der Waals surface area contributed by atoms with Crippen LogP contribution in [0.25, 0.3) is 0 Å². The third-order valence-electron chi connectivity index (χ3n) is 1.68. The fourth-order valence-electron chi connectivity index (χ4n) is 1.07. The number of nitrogens with zero attached hydrogens (tertiary/aromatic N) is 2. The van der Waals surface area contributed by atoms with Gasteiger partial charge in [-0.05, 0) is 6.42 Å². The molecule has 13 heavy (non-hydrogen) atoms. The van der Waals surface area contributed by atoms with Crippen LogP contribution in [-0.4, -0.2) is 15.6 Å². The van der Waals surface area contributed by atoms with E-state index in [9.17, 15) is 4.79 Å². The SMILES string of the molecule is C#CCCCc1nccn1C(N)=O. The van der Waals surface area contributed by atoms with Crippen molar-refractivity contribution in [1.29, 1.82) is 0 Å². The van der Waals surface area contributed by atoms with Crippen molar-refractivity contribution < 1.29 is 4.79 Å². The molecule has 0 aliphatic heterocycles. The van der Waals surface area contributed by atoms with Crippen molar-refractivity contribution >= 4 is 6.03 Å². The number of hydrogen-bond donors (Lipinski definition) is 1. The Hall–Kier alpha value is -1.76. The van der Waals surface area contributed by atoms with Gasteiger partial charge in [-0.3, -0.25) is 4.57 Å². The van der Waals surface area contributed by atoms with E-state index in [1.165, 1.54) is 4.57 Å². The van der Waals surface area contributed by atoms with Gasteiger partial charge >= 0.3 is 6.03 Å². The van der Waals surface area contributed by atoms with Crippen LogP contribution in [0.1, 0.15) is 18.7 Å². The number of imidazole rings is 1. The summed E-state index contributed by atoms with van der Waals surface area (Å²) in [5.41, 5.74) is 5.11. The minimum absolute atomic E-state index is 0.506. The van der Waals surface area contributed by atoms with E-state index in [2.05, 4.69) is 10.9 Å². The molecule has 4 nitrogen and oxygen atoms in total. The van der Waals surface area contributed by atoms with Crippen LogP contribution in [0, 0.1) is 12.3 Å². The molecule has 1 rings (SSSR count). The zero-order valence-electron chi connectivity index (χ0n) is 7.23. The molecule has 0 saturated carbocycles. The van der Waals surface area contributed by atoms with Gasteiger partial charge in [-0.1, -0.05) is 0 Å². The lowest BCUT2D eigenvalue weighted by Gasteiger charge is -2.00. The predicted octanol–water partition coefficient (Wildman–Crippen LogP) is 0.766. The van der Waals surface area contributed by atoms with Crippen LogP contribution < -0.4 is 5.73 Å². The summed E-state index contributed by atoms with van der Waals surface area (Å²) >= 11 is 0. The molecule has 1 heterocycles. The Morgan fingerprint density at radius 2 is 2.54 bits per heavy atom. The minimum Gasteiger partial charge on any atom is -0.351 e. The molecule has 1 aromatic heterocycles. The Labute approximate surface area is 76.8 Å². The number of terminal acetylenes is 1. The summed E-state index contributed by atoms with van der Waals surface area (Å²) in [4.78, 5) is 14.8. The van der Waals surface area contributed by atoms with Crippen LogP contribution in [0.3, 0.4) is 0 Å². The largest absolute Gasteiger partial charge is 0.351 e. The van der Waals surface area contributed by atoms with Crippen LogP contribution >= 0.6 is 0 Å². The van der Waals surface area contributed by atoms with Gasteiger partial charge in [-0.25, -0.2) is 9.78 Å². The number of carbonyl (C=O) groups excluding carboxylic acids is 1. The van der Waals surface area contributed by atoms with Gasteiger partial charge in [-0.15, -0.1) is 12.3 Å². The first kappa shape index (κ1) is 9.33. The molecule has 1 aromatic rings. The summed E-state index contributed by atoms with van der Waals surface area (Å²) in [6.07, 6.45) is 10.4. The minimum atomic E-state index is -0.506. The number of unbranched alkanes of at least 4 members (excludes halogenated alkanes) is 1. The molecule has 0 unspecified atom stereocenters. The molecule has 0 radical (unpaired) electrons. The van der Waals surface area contributed by atoms with Crippen molar-refractivity contribution in [2.75, 3.05) is 0 Å². The second-order valence-electron chi connectivity index (χ2n) is 2.61. The van der Waals surface area contributed by atoms with E-state index in [1.807, 2.05) is 0 Å². The topological polar surface area (TPSA) is 60.9 Å². The molecule has 68 valence electrons. The third-order valence-corrected chi connectivity index (χ3v) is 1.68. The summed E-state index contributed by atoms with van der Waals surface area (Å²) in [6, 6.07) is -0.506. The molecule has 0 fully saturated rings. The Balaban J connectivity index is 2.61. The Bertz CT molecular complexity index is 335. The van der Waals surface area contributed by atoms with Gasteiger partial charge in [0.1, 0.15) is 5.82 Å². The average molecular weight is 177 g/mol. The maximum absolute atomic E-state index is 10.8. The molecule has 4 heteroatoms. The molecular weight excluding hydrogens is 166 g/mol. The van der Waals surface area contributed by atoms with Crippen LogP contribution in [0.2, 0.25) is 0 Å². The molecule has 0 aliphatic rings. The highest BCUT2D eigenvalue weighted by Crippen LogP contribution is 2.01. The number of carbonyl (C=O) groups is 1. The van der Waals surface area contributed by atoms with Crippen molar-refractivity contribution in [1.82, 2.24) is 9.55 Å². The molecule has 0 aliphatic carbocycles. The van der Waals surface area contributed by atoms with E-state index < -0.39 is 6.03 Å². The highest BCUT2D eigenvalue weighted by Gasteiger charge is 2.05. The molecule has 0 saturated heterocycles. The van der Waals surface area contributed by atoms with E-state index in [1.54, 1.807) is 12.4 Å². The lowest BCUT2D eigenvalue weighted by molar-refractivity contribution is 0.249. The second-order valence-corrected chi connectivity index (χ2v) is 2.61. The van der Waals surface area contributed by atoms with Crippen molar-refractivity contribution in [3.63, 3.8) is 0 Å². The van der Waals surface area contributed by atoms with Gasteiger partial charge < -0.3 is 5.73 Å². The summed E-state index contributed by atoms with van der Waals surface area (Å²) in [6.45, 7) is 0. The number of primary amides is 1. The fourth-order valence-corrected chi connectivity index (χ4v) is 1.07. The van der Waals surface area contributed by atoms with Gasteiger partial charge in [0.15, 0.2) is 0 Å². The van der Waals surface area contributed by atoms with Crippen LogP contribution in [0.15, 0.2) is 12.4 Å². The smallest absolute Gasteiger partial charge is 0.324 e. The summed E-state index contributed by atoms with van der Waals surface area (Å²) in [5.74, 6) is 3.19. The monoisotopic (exact) mass is 177 g/mol. The molecule has 0 aromatic carbocycles. The summed E-state index contributed by atoms with van der Waals surface area (Å²) < 4.78 is 1.33. The number of hydrogen-bond acceptors (Lipinski definition) is 2. The van der Waals surface area contributed by atoms with Crippen molar-refractivity contribution in [3.05, 3.63) is 18.2 Å². The first-order chi connectivity index (χ1) is 6.25. The van der Waals surface area contributed by atoms with Crippen molar-refractivity contribution in [2.45, 2.75) is 19.3 Å². The standard InChI is InChI=1S/C9H11N3O/c1-2-3-4-5-8-11-6-7-12(8)9(10)13/h1,6-7H,3-5H2,(H2,10,13). The normalized spacial score (nSPS) is 9.46. The van der Waals surface area contributed by atoms with Crippen molar-refractivity contribution in [3.8, 4) is 12.3 Å². The first-order valence-corrected chi connectivity index (χ1v) is 4.01. The maximum atomic E-state index is 10.8. The first-order valence-electron chi connectivity index (χ1n) is 4.01. The zero-order chi connectivity index (χ0) is 9.68. The molecule has 0 atom stereocenters. The predicted molar refractivity (Wildman–Crippen MR) is 49.0 cm³/mol. The number of aromatic nitrogens is 2. The summed E-state index contributed by atoms with van der Waals surface area (Å²) in [5, 5.41) is 0. The number of nitrogens with two attached hydrogens (primary N) is 1. The quantitative estimate of drug-likeness (QED) is 0.547. The molecule has 0 bridgehead atoms. The Morgan fingerprint density at radius 3 is 3.15 bits per heavy atom. The summed E-state index contributed by atoms with van der Waals surface area (Å²) in [7, 11) is 0. The Kier molecular flexibility index (Phi) is 3.09. The molecule has 0 spiro atoms. The van der Waals surface area contributed by atoms with E-state index in [-0.39, 0.29) is 0 Å². The van der Waals surface area contributed by atoms with Gasteiger partial charge in [0.05, 0.1) is 0 Å². The van der Waals surface area contributed by atoms with Gasteiger partial charge in [0, 0.05) is 25.2 Å².